The summed E-state index contributed by atoms with van der Waals surface area (Å²) in [6, 6.07) is 1.88. The van der Waals surface area contributed by atoms with Crippen LogP contribution in [0.5, 0.6) is 5.75 Å². The summed E-state index contributed by atoms with van der Waals surface area (Å²) in [7, 11) is 0. The van der Waals surface area contributed by atoms with E-state index in [0.717, 1.165) is 23.5 Å². The Balaban J connectivity index is 2.05. The van der Waals surface area contributed by atoms with Crippen molar-refractivity contribution in [3.8, 4) is 5.75 Å². The van der Waals surface area contributed by atoms with Gasteiger partial charge in [0.05, 0.1) is 18.1 Å². The lowest BCUT2D eigenvalue weighted by Crippen LogP contribution is -2.23. The van der Waals surface area contributed by atoms with Crippen molar-refractivity contribution >= 4 is 5.69 Å². The number of aryl methyl sites for hydroxylation is 1. The van der Waals surface area contributed by atoms with Crippen LogP contribution >= 0.6 is 0 Å². The molecule has 108 valence electrons. The van der Waals surface area contributed by atoms with Crippen LogP contribution in [0.2, 0.25) is 0 Å². The molecule has 2 aromatic heterocycles. The first-order chi connectivity index (χ1) is 9.48. The van der Waals surface area contributed by atoms with E-state index >= 15 is 0 Å². The summed E-state index contributed by atoms with van der Waals surface area (Å²) in [5.41, 5.74) is 1.80. The summed E-state index contributed by atoms with van der Waals surface area (Å²) in [5, 5.41) is 7.61. The molecule has 0 atom stereocenters. The van der Waals surface area contributed by atoms with Gasteiger partial charge in [-0.2, -0.15) is 5.10 Å². The molecule has 2 aromatic rings. The molecule has 0 fully saturated rings. The van der Waals surface area contributed by atoms with Crippen LogP contribution in [0.15, 0.2) is 30.9 Å². The normalized spacial score (nSPS) is 11.4. The van der Waals surface area contributed by atoms with E-state index in [1.54, 1.807) is 12.4 Å². The van der Waals surface area contributed by atoms with E-state index in [1.165, 1.54) is 0 Å². The van der Waals surface area contributed by atoms with Gasteiger partial charge in [-0.05, 0) is 27.7 Å². The predicted molar refractivity (Wildman–Crippen MR) is 79.8 cm³/mol. The Morgan fingerprint density at radius 2 is 2.10 bits per heavy atom. The maximum Gasteiger partial charge on any atom is 0.146 e. The lowest BCUT2D eigenvalue weighted by molar-refractivity contribution is 0.131. The van der Waals surface area contributed by atoms with Gasteiger partial charge >= 0.3 is 0 Å². The molecule has 0 bridgehead atoms. The highest BCUT2D eigenvalue weighted by molar-refractivity contribution is 5.54. The number of ether oxygens (including phenoxy) is 1. The van der Waals surface area contributed by atoms with Gasteiger partial charge < -0.3 is 10.1 Å². The minimum atomic E-state index is -0.231. The molecule has 0 aliphatic heterocycles. The first-order valence-corrected chi connectivity index (χ1v) is 6.86. The van der Waals surface area contributed by atoms with Crippen molar-refractivity contribution in [2.45, 2.75) is 46.4 Å². The standard InChI is InChI=1S/C15H22N4O/c1-5-19-11-12(9-18-19)8-17-13-10-16-7-6-14(13)20-15(2,3)4/h6-7,9-11,17H,5,8H2,1-4H3. The van der Waals surface area contributed by atoms with Crippen molar-refractivity contribution < 1.29 is 4.74 Å². The number of anilines is 1. The van der Waals surface area contributed by atoms with Gasteiger partial charge in [0.1, 0.15) is 11.4 Å². The van der Waals surface area contributed by atoms with Crippen LogP contribution in [0.3, 0.4) is 0 Å². The van der Waals surface area contributed by atoms with Crippen molar-refractivity contribution in [2.24, 2.45) is 0 Å². The molecule has 0 amide bonds. The van der Waals surface area contributed by atoms with Crippen molar-refractivity contribution in [3.63, 3.8) is 0 Å². The summed E-state index contributed by atoms with van der Waals surface area (Å²) >= 11 is 0. The maximum atomic E-state index is 5.92. The van der Waals surface area contributed by atoms with Gasteiger partial charge in [0.15, 0.2) is 0 Å². The molecule has 1 N–H and O–H groups in total. The molecule has 0 saturated heterocycles. The fraction of sp³-hybridized carbons (Fsp3) is 0.467. The zero-order valence-electron chi connectivity index (χ0n) is 12.6. The van der Waals surface area contributed by atoms with Gasteiger partial charge in [-0.1, -0.05) is 0 Å². The second kappa shape index (κ2) is 5.94. The zero-order chi connectivity index (χ0) is 14.6. The predicted octanol–water partition coefficient (Wildman–Crippen LogP) is 3.09. The van der Waals surface area contributed by atoms with Crippen LogP contribution in [0.4, 0.5) is 5.69 Å². The van der Waals surface area contributed by atoms with E-state index in [9.17, 15) is 0 Å². The number of hydrogen-bond donors (Lipinski definition) is 1. The van der Waals surface area contributed by atoms with Gasteiger partial charge in [0.25, 0.3) is 0 Å². The summed E-state index contributed by atoms with van der Waals surface area (Å²) in [6.45, 7) is 9.74. The third kappa shape index (κ3) is 3.98. The van der Waals surface area contributed by atoms with Crippen LogP contribution < -0.4 is 10.1 Å². The van der Waals surface area contributed by atoms with Gasteiger partial charge in [-0.25, -0.2) is 0 Å². The van der Waals surface area contributed by atoms with Gasteiger partial charge in [0.2, 0.25) is 0 Å². The topological polar surface area (TPSA) is 52.0 Å². The number of pyridine rings is 1. The minimum absolute atomic E-state index is 0.231. The number of nitrogens with one attached hydrogen (secondary N) is 1. The fourth-order valence-electron chi connectivity index (χ4n) is 1.80. The highest BCUT2D eigenvalue weighted by Gasteiger charge is 2.14. The Morgan fingerprint density at radius 1 is 1.30 bits per heavy atom. The summed E-state index contributed by atoms with van der Waals surface area (Å²) in [6.07, 6.45) is 7.43. The second-order valence-corrected chi connectivity index (χ2v) is 5.64. The molecule has 0 aliphatic rings. The Morgan fingerprint density at radius 3 is 2.75 bits per heavy atom. The Labute approximate surface area is 120 Å². The third-order valence-corrected chi connectivity index (χ3v) is 2.69. The number of nitrogens with zero attached hydrogens (tertiary/aromatic N) is 3. The molecule has 5 heteroatoms. The Bertz CT molecular complexity index is 557. The van der Waals surface area contributed by atoms with Crippen molar-refractivity contribution in [1.29, 1.82) is 0 Å². The van der Waals surface area contributed by atoms with Crippen molar-refractivity contribution in [1.82, 2.24) is 14.8 Å². The molecule has 5 nitrogen and oxygen atoms in total. The SMILES string of the molecule is CCn1cc(CNc2cnccc2OC(C)(C)C)cn1. The summed E-state index contributed by atoms with van der Waals surface area (Å²) in [4.78, 5) is 4.15. The van der Waals surface area contributed by atoms with Gasteiger partial charge in [0, 0.05) is 37.1 Å². The highest BCUT2D eigenvalue weighted by Crippen LogP contribution is 2.26. The Hall–Kier alpha value is -2.04. The Kier molecular flexibility index (Phi) is 4.27. The summed E-state index contributed by atoms with van der Waals surface area (Å²) < 4.78 is 7.83. The average Bonchev–Trinajstić information content (AvgIpc) is 2.84. The molecule has 0 spiro atoms. The van der Waals surface area contributed by atoms with Gasteiger partial charge in [-0.3, -0.25) is 9.67 Å². The molecule has 0 aliphatic carbocycles. The molecule has 0 saturated carbocycles. The lowest BCUT2D eigenvalue weighted by Gasteiger charge is -2.23. The molecule has 20 heavy (non-hydrogen) atoms. The monoisotopic (exact) mass is 274 g/mol. The van der Waals surface area contributed by atoms with E-state index in [-0.39, 0.29) is 5.60 Å². The van der Waals surface area contributed by atoms with Crippen LogP contribution in [0, 0.1) is 0 Å². The van der Waals surface area contributed by atoms with Crippen LogP contribution in [0.25, 0.3) is 0 Å². The molecular formula is C15H22N4O. The van der Waals surface area contributed by atoms with Crippen molar-refractivity contribution in [3.05, 3.63) is 36.4 Å². The van der Waals surface area contributed by atoms with E-state index < -0.39 is 0 Å². The molecule has 0 radical (unpaired) electrons. The first-order valence-electron chi connectivity index (χ1n) is 6.86. The quantitative estimate of drug-likeness (QED) is 0.910. The van der Waals surface area contributed by atoms with E-state index in [1.807, 2.05) is 43.9 Å². The average molecular weight is 274 g/mol. The molecule has 0 aromatic carbocycles. The van der Waals surface area contributed by atoms with E-state index in [0.29, 0.717) is 6.54 Å². The second-order valence-electron chi connectivity index (χ2n) is 5.64. The lowest BCUT2D eigenvalue weighted by atomic mass is 10.2. The fourth-order valence-corrected chi connectivity index (χ4v) is 1.80. The van der Waals surface area contributed by atoms with Crippen molar-refractivity contribution in [2.75, 3.05) is 5.32 Å². The third-order valence-electron chi connectivity index (χ3n) is 2.69. The molecule has 0 unspecified atom stereocenters. The van der Waals surface area contributed by atoms with Crippen LogP contribution in [-0.4, -0.2) is 20.4 Å². The number of rotatable bonds is 5. The molecule has 2 heterocycles. The maximum absolute atomic E-state index is 5.92. The summed E-state index contributed by atoms with van der Waals surface area (Å²) in [5.74, 6) is 0.815. The van der Waals surface area contributed by atoms with E-state index in [2.05, 4.69) is 22.3 Å². The smallest absolute Gasteiger partial charge is 0.146 e. The van der Waals surface area contributed by atoms with Crippen LogP contribution in [0.1, 0.15) is 33.3 Å². The molecular weight excluding hydrogens is 252 g/mol. The van der Waals surface area contributed by atoms with Crippen LogP contribution in [-0.2, 0) is 13.1 Å². The number of aromatic nitrogens is 3. The molecule has 2 rings (SSSR count). The van der Waals surface area contributed by atoms with E-state index in [4.69, 9.17) is 4.74 Å². The number of hydrogen-bond acceptors (Lipinski definition) is 4. The van der Waals surface area contributed by atoms with Gasteiger partial charge in [-0.15, -0.1) is 0 Å². The first kappa shape index (κ1) is 14.4. The largest absolute Gasteiger partial charge is 0.486 e. The highest BCUT2D eigenvalue weighted by atomic mass is 16.5. The minimum Gasteiger partial charge on any atom is -0.486 e. The zero-order valence-corrected chi connectivity index (χ0v) is 12.6.